The van der Waals surface area contributed by atoms with Crippen molar-refractivity contribution in [2.75, 3.05) is 11.9 Å². The third-order valence-corrected chi connectivity index (χ3v) is 3.09. The molecule has 0 bridgehead atoms. The summed E-state index contributed by atoms with van der Waals surface area (Å²) in [5, 5.41) is 2.79. The van der Waals surface area contributed by atoms with E-state index in [9.17, 15) is 9.18 Å². The number of amides is 2. The lowest BCUT2D eigenvalue weighted by Gasteiger charge is -2.22. The van der Waals surface area contributed by atoms with Crippen molar-refractivity contribution in [3.8, 4) is 0 Å². The average molecular weight is 286 g/mol. The Labute approximate surface area is 124 Å². The first kappa shape index (κ1) is 15.0. The van der Waals surface area contributed by atoms with Crippen LogP contribution in [-0.2, 0) is 6.54 Å². The fourth-order valence-electron chi connectivity index (χ4n) is 2.06. The molecule has 0 aliphatic heterocycles. The van der Waals surface area contributed by atoms with Gasteiger partial charge in [-0.05, 0) is 36.2 Å². The van der Waals surface area contributed by atoms with E-state index in [-0.39, 0.29) is 11.8 Å². The van der Waals surface area contributed by atoms with Crippen LogP contribution >= 0.6 is 0 Å². The number of halogens is 1. The first-order chi connectivity index (χ1) is 10.2. The molecule has 3 nitrogen and oxygen atoms in total. The van der Waals surface area contributed by atoms with Crippen LogP contribution in [0.3, 0.4) is 0 Å². The van der Waals surface area contributed by atoms with E-state index in [1.165, 1.54) is 12.1 Å². The molecule has 110 valence electrons. The maximum absolute atomic E-state index is 12.9. The molecule has 2 rings (SSSR count). The summed E-state index contributed by atoms with van der Waals surface area (Å²) >= 11 is 0. The topological polar surface area (TPSA) is 32.3 Å². The maximum atomic E-state index is 12.9. The zero-order valence-electron chi connectivity index (χ0n) is 12.1. The second-order valence-electron chi connectivity index (χ2n) is 4.84. The van der Waals surface area contributed by atoms with E-state index < -0.39 is 0 Å². The minimum Gasteiger partial charge on any atom is -0.320 e. The number of hydrogen-bond donors (Lipinski definition) is 1. The van der Waals surface area contributed by atoms with Gasteiger partial charge in [-0.3, -0.25) is 0 Å². The van der Waals surface area contributed by atoms with Crippen LogP contribution in [0.5, 0.6) is 0 Å². The van der Waals surface area contributed by atoms with Crippen LogP contribution in [0.4, 0.5) is 14.9 Å². The Morgan fingerprint density at radius 2 is 1.76 bits per heavy atom. The second kappa shape index (κ2) is 7.43. The molecule has 0 aromatic heterocycles. The van der Waals surface area contributed by atoms with E-state index in [1.807, 2.05) is 37.3 Å². The van der Waals surface area contributed by atoms with Gasteiger partial charge in [0.05, 0.1) is 0 Å². The van der Waals surface area contributed by atoms with E-state index in [1.54, 1.807) is 17.0 Å². The summed E-state index contributed by atoms with van der Waals surface area (Å²) in [6, 6.07) is 15.4. The Morgan fingerprint density at radius 3 is 2.38 bits per heavy atom. The molecular weight excluding hydrogens is 267 g/mol. The van der Waals surface area contributed by atoms with E-state index in [4.69, 9.17) is 0 Å². The van der Waals surface area contributed by atoms with E-state index in [2.05, 4.69) is 5.32 Å². The first-order valence-corrected chi connectivity index (χ1v) is 7.04. The van der Waals surface area contributed by atoms with E-state index in [0.717, 1.165) is 12.0 Å². The molecule has 1 N–H and O–H groups in total. The van der Waals surface area contributed by atoms with Crippen LogP contribution in [0.15, 0.2) is 54.6 Å². The SMILES string of the molecule is CCCN(Cc1ccccc1)C(=O)Nc1ccc(F)cc1. The van der Waals surface area contributed by atoms with Gasteiger partial charge >= 0.3 is 6.03 Å². The monoisotopic (exact) mass is 286 g/mol. The van der Waals surface area contributed by atoms with Crippen molar-refractivity contribution in [3.05, 3.63) is 66.0 Å². The molecule has 0 saturated heterocycles. The van der Waals surface area contributed by atoms with E-state index in [0.29, 0.717) is 18.8 Å². The smallest absolute Gasteiger partial charge is 0.320 e. The first-order valence-electron chi connectivity index (χ1n) is 7.04. The highest BCUT2D eigenvalue weighted by molar-refractivity contribution is 5.89. The van der Waals surface area contributed by atoms with Crippen molar-refractivity contribution in [2.45, 2.75) is 19.9 Å². The van der Waals surface area contributed by atoms with Gasteiger partial charge in [-0.15, -0.1) is 0 Å². The Morgan fingerprint density at radius 1 is 1.10 bits per heavy atom. The minimum atomic E-state index is -0.317. The van der Waals surface area contributed by atoms with Crippen molar-refractivity contribution in [2.24, 2.45) is 0 Å². The van der Waals surface area contributed by atoms with E-state index >= 15 is 0 Å². The van der Waals surface area contributed by atoms with Crippen LogP contribution in [0.1, 0.15) is 18.9 Å². The number of urea groups is 1. The maximum Gasteiger partial charge on any atom is 0.322 e. The lowest BCUT2D eigenvalue weighted by atomic mass is 10.2. The predicted molar refractivity (Wildman–Crippen MR) is 82.6 cm³/mol. The van der Waals surface area contributed by atoms with Crippen LogP contribution in [-0.4, -0.2) is 17.5 Å². The molecule has 2 aromatic carbocycles. The highest BCUT2D eigenvalue weighted by Gasteiger charge is 2.13. The van der Waals surface area contributed by atoms with Gasteiger partial charge in [-0.1, -0.05) is 37.3 Å². The summed E-state index contributed by atoms with van der Waals surface area (Å²) in [4.78, 5) is 14.1. The van der Waals surface area contributed by atoms with Gasteiger partial charge in [0.25, 0.3) is 0 Å². The van der Waals surface area contributed by atoms with Crippen molar-refractivity contribution in [3.63, 3.8) is 0 Å². The number of benzene rings is 2. The highest BCUT2D eigenvalue weighted by Crippen LogP contribution is 2.11. The van der Waals surface area contributed by atoms with Gasteiger partial charge in [0.1, 0.15) is 5.82 Å². The van der Waals surface area contributed by atoms with Crippen molar-refractivity contribution < 1.29 is 9.18 Å². The van der Waals surface area contributed by atoms with Crippen molar-refractivity contribution in [1.82, 2.24) is 4.90 Å². The number of nitrogens with zero attached hydrogens (tertiary/aromatic N) is 1. The Hall–Kier alpha value is -2.36. The molecule has 0 aliphatic carbocycles. The third-order valence-electron chi connectivity index (χ3n) is 3.09. The highest BCUT2D eigenvalue weighted by atomic mass is 19.1. The standard InChI is InChI=1S/C17H19FN2O/c1-2-12-20(13-14-6-4-3-5-7-14)17(21)19-16-10-8-15(18)9-11-16/h3-11H,2,12-13H2,1H3,(H,19,21). The Kier molecular flexibility index (Phi) is 5.32. The molecule has 0 saturated carbocycles. The fraction of sp³-hybridized carbons (Fsp3) is 0.235. The lowest BCUT2D eigenvalue weighted by molar-refractivity contribution is 0.209. The molecule has 4 heteroatoms. The lowest BCUT2D eigenvalue weighted by Crippen LogP contribution is -2.35. The number of anilines is 1. The summed E-state index contributed by atoms with van der Waals surface area (Å²) in [5.74, 6) is -0.317. The summed E-state index contributed by atoms with van der Waals surface area (Å²) in [6.07, 6.45) is 0.879. The number of hydrogen-bond acceptors (Lipinski definition) is 1. The fourth-order valence-corrected chi connectivity index (χ4v) is 2.06. The molecule has 21 heavy (non-hydrogen) atoms. The summed E-state index contributed by atoms with van der Waals surface area (Å²) in [6.45, 7) is 3.26. The van der Waals surface area contributed by atoms with Gasteiger partial charge < -0.3 is 10.2 Å². The number of rotatable bonds is 5. The van der Waals surface area contributed by atoms with Crippen LogP contribution in [0.2, 0.25) is 0 Å². The number of nitrogens with one attached hydrogen (secondary N) is 1. The summed E-state index contributed by atoms with van der Waals surface area (Å²) in [7, 11) is 0. The van der Waals surface area contributed by atoms with Crippen LogP contribution < -0.4 is 5.32 Å². The molecule has 0 unspecified atom stereocenters. The number of carbonyl (C=O) groups excluding carboxylic acids is 1. The number of carbonyl (C=O) groups is 1. The van der Waals surface area contributed by atoms with Crippen molar-refractivity contribution >= 4 is 11.7 Å². The molecule has 0 heterocycles. The Bertz CT molecular complexity index is 569. The summed E-state index contributed by atoms with van der Waals surface area (Å²) < 4.78 is 12.9. The largest absolute Gasteiger partial charge is 0.322 e. The average Bonchev–Trinajstić information content (AvgIpc) is 2.50. The van der Waals surface area contributed by atoms with Crippen LogP contribution in [0, 0.1) is 5.82 Å². The van der Waals surface area contributed by atoms with Crippen molar-refractivity contribution in [1.29, 1.82) is 0 Å². The molecule has 0 atom stereocenters. The quantitative estimate of drug-likeness (QED) is 0.874. The zero-order valence-corrected chi connectivity index (χ0v) is 12.1. The minimum absolute atomic E-state index is 0.174. The second-order valence-corrected chi connectivity index (χ2v) is 4.84. The zero-order chi connectivity index (χ0) is 15.1. The van der Waals surface area contributed by atoms with Gasteiger partial charge in [0.15, 0.2) is 0 Å². The van der Waals surface area contributed by atoms with Gasteiger partial charge in [-0.2, -0.15) is 0 Å². The van der Waals surface area contributed by atoms with Gasteiger partial charge in [0.2, 0.25) is 0 Å². The summed E-state index contributed by atoms with van der Waals surface area (Å²) in [5.41, 5.74) is 1.68. The molecule has 0 spiro atoms. The molecule has 2 amide bonds. The molecule has 0 radical (unpaired) electrons. The predicted octanol–water partition coefficient (Wildman–Crippen LogP) is 4.27. The molecular formula is C17H19FN2O. The van der Waals surface area contributed by atoms with Gasteiger partial charge in [0, 0.05) is 18.8 Å². The molecule has 2 aromatic rings. The third kappa shape index (κ3) is 4.60. The molecule has 0 fully saturated rings. The van der Waals surface area contributed by atoms with Crippen LogP contribution in [0.25, 0.3) is 0 Å². The van der Waals surface area contributed by atoms with Gasteiger partial charge in [-0.25, -0.2) is 9.18 Å². The Balaban J connectivity index is 2.03. The normalized spacial score (nSPS) is 10.2. The molecule has 0 aliphatic rings.